The molecule has 0 aliphatic carbocycles. The first kappa shape index (κ1) is 25.3. The predicted molar refractivity (Wildman–Crippen MR) is 144 cm³/mol. The third-order valence-corrected chi connectivity index (χ3v) is 6.52. The van der Waals surface area contributed by atoms with E-state index in [1.54, 1.807) is 28.4 Å². The molecule has 0 aromatic heterocycles. The lowest BCUT2D eigenvalue weighted by atomic mass is 9.88. The zero-order valence-corrected chi connectivity index (χ0v) is 22.2. The molecular weight excluding hydrogens is 454 g/mol. The van der Waals surface area contributed by atoms with Crippen LogP contribution in [0, 0.1) is 0 Å². The molecule has 0 radical (unpaired) electrons. The van der Waals surface area contributed by atoms with Gasteiger partial charge in [-0.25, -0.2) is 0 Å². The third kappa shape index (κ3) is 5.38. The quantitative estimate of drug-likeness (QED) is 0.342. The van der Waals surface area contributed by atoms with Gasteiger partial charge in [0.1, 0.15) is 35.4 Å². The molecule has 0 saturated carbocycles. The molecule has 0 amide bonds. The van der Waals surface area contributed by atoms with Crippen LogP contribution in [0.5, 0.6) is 28.7 Å². The summed E-state index contributed by atoms with van der Waals surface area (Å²) in [4.78, 5) is 2.40. The Kier molecular flexibility index (Phi) is 7.34. The molecule has 0 bridgehead atoms. The molecule has 0 atom stereocenters. The number of allylic oxidation sites excluding steroid dienone is 1. The molecule has 190 valence electrons. The smallest absolute Gasteiger partial charge is 0.122 e. The molecule has 36 heavy (non-hydrogen) atoms. The van der Waals surface area contributed by atoms with Crippen LogP contribution in [-0.4, -0.2) is 34.0 Å². The topological polar surface area (TPSA) is 49.4 Å². The molecule has 1 aliphatic heterocycles. The molecule has 0 fully saturated rings. The average molecular weight is 490 g/mol. The maximum absolute atomic E-state index is 6.18. The van der Waals surface area contributed by atoms with Crippen molar-refractivity contribution in [2.24, 2.45) is 0 Å². The Balaban J connectivity index is 1.61. The number of ether oxygens (including phenoxy) is 5. The fraction of sp³-hybridized carbons (Fsp3) is 0.333. The van der Waals surface area contributed by atoms with E-state index in [9.17, 15) is 0 Å². The van der Waals surface area contributed by atoms with Gasteiger partial charge in [-0.1, -0.05) is 6.08 Å². The third-order valence-electron chi connectivity index (χ3n) is 6.52. The number of hydrogen-bond donors (Lipinski definition) is 0. The van der Waals surface area contributed by atoms with Gasteiger partial charge < -0.3 is 28.6 Å². The van der Waals surface area contributed by atoms with Crippen molar-refractivity contribution in [3.63, 3.8) is 0 Å². The first-order chi connectivity index (χ1) is 17.3. The minimum absolute atomic E-state index is 0.174. The van der Waals surface area contributed by atoms with Gasteiger partial charge in [-0.2, -0.15) is 0 Å². The highest BCUT2D eigenvalue weighted by molar-refractivity contribution is 5.82. The predicted octanol–water partition coefficient (Wildman–Crippen LogP) is 6.50. The van der Waals surface area contributed by atoms with E-state index in [-0.39, 0.29) is 5.54 Å². The maximum Gasteiger partial charge on any atom is 0.122 e. The van der Waals surface area contributed by atoms with Crippen molar-refractivity contribution >= 4 is 11.3 Å². The Hall–Kier alpha value is -3.80. The summed E-state index contributed by atoms with van der Waals surface area (Å²) in [6, 6.07) is 18.1. The summed E-state index contributed by atoms with van der Waals surface area (Å²) in [7, 11) is 6.64. The molecule has 1 heterocycles. The molecule has 0 unspecified atom stereocenters. The van der Waals surface area contributed by atoms with Crippen molar-refractivity contribution in [3.05, 3.63) is 77.4 Å². The van der Waals surface area contributed by atoms with E-state index >= 15 is 0 Å². The van der Waals surface area contributed by atoms with Crippen molar-refractivity contribution in [3.8, 4) is 28.7 Å². The van der Waals surface area contributed by atoms with Crippen LogP contribution in [0.1, 0.15) is 37.5 Å². The normalized spacial score (nSPS) is 14.0. The Morgan fingerprint density at radius 1 is 0.667 bits per heavy atom. The summed E-state index contributed by atoms with van der Waals surface area (Å²) in [6.45, 7) is 7.74. The molecule has 0 N–H and O–H groups in total. The summed E-state index contributed by atoms with van der Waals surface area (Å²) in [5.74, 6) is 3.85. The van der Waals surface area contributed by atoms with Crippen LogP contribution in [0.4, 0.5) is 5.69 Å². The molecule has 3 aromatic rings. The maximum atomic E-state index is 6.18. The lowest BCUT2D eigenvalue weighted by Crippen LogP contribution is -2.44. The van der Waals surface area contributed by atoms with Gasteiger partial charge in [-0.05, 0) is 79.9 Å². The van der Waals surface area contributed by atoms with Crippen LogP contribution in [0.2, 0.25) is 0 Å². The van der Waals surface area contributed by atoms with E-state index in [1.807, 2.05) is 30.3 Å². The molecule has 3 aromatic carbocycles. The second-order valence-electron chi connectivity index (χ2n) is 9.48. The Labute approximate surface area is 214 Å². The zero-order chi connectivity index (χ0) is 25.9. The molecule has 1 aliphatic rings. The molecule has 0 saturated heterocycles. The van der Waals surface area contributed by atoms with Crippen molar-refractivity contribution < 1.29 is 23.7 Å². The molecule has 6 heteroatoms. The highest BCUT2D eigenvalue weighted by atomic mass is 16.5. The largest absolute Gasteiger partial charge is 0.497 e. The van der Waals surface area contributed by atoms with Gasteiger partial charge in [0.2, 0.25) is 0 Å². The Morgan fingerprint density at radius 2 is 1.19 bits per heavy atom. The molecule has 0 spiro atoms. The van der Waals surface area contributed by atoms with Gasteiger partial charge in [0, 0.05) is 29.9 Å². The standard InChI is InChI=1S/C30H35NO5/c1-20-17-30(2,3)31(18-21-10-24(32-4)14-25(11-21)33-5)29-9-8-23(16-28(20)29)36-19-22-12-26(34-6)15-27(13-22)35-7/h8-17H,18-19H2,1-7H3. The van der Waals surface area contributed by atoms with E-state index in [2.05, 4.69) is 56.0 Å². The molecule has 4 rings (SSSR count). The number of nitrogens with zero attached hydrogens (tertiary/aromatic N) is 1. The molecular formula is C30H35NO5. The minimum Gasteiger partial charge on any atom is -0.497 e. The van der Waals surface area contributed by atoms with E-state index in [0.29, 0.717) is 13.2 Å². The van der Waals surface area contributed by atoms with E-state index in [0.717, 1.165) is 51.1 Å². The van der Waals surface area contributed by atoms with Crippen LogP contribution >= 0.6 is 0 Å². The van der Waals surface area contributed by atoms with Crippen LogP contribution < -0.4 is 28.6 Å². The van der Waals surface area contributed by atoms with E-state index < -0.39 is 0 Å². The second-order valence-corrected chi connectivity index (χ2v) is 9.48. The van der Waals surface area contributed by atoms with Crippen molar-refractivity contribution in [1.29, 1.82) is 0 Å². The summed E-state index contributed by atoms with van der Waals surface area (Å²) < 4.78 is 27.9. The fourth-order valence-electron chi connectivity index (χ4n) is 4.70. The summed E-state index contributed by atoms with van der Waals surface area (Å²) in [6.07, 6.45) is 2.31. The number of fused-ring (bicyclic) bond motifs is 1. The first-order valence-corrected chi connectivity index (χ1v) is 11.9. The summed E-state index contributed by atoms with van der Waals surface area (Å²) in [5, 5.41) is 0. The number of rotatable bonds is 9. The monoisotopic (exact) mass is 489 g/mol. The van der Waals surface area contributed by atoms with Crippen LogP contribution in [0.15, 0.2) is 60.7 Å². The first-order valence-electron chi connectivity index (χ1n) is 11.9. The van der Waals surface area contributed by atoms with E-state index in [1.165, 1.54) is 5.57 Å². The Bertz CT molecular complexity index is 1220. The van der Waals surface area contributed by atoms with E-state index in [4.69, 9.17) is 23.7 Å². The van der Waals surface area contributed by atoms with Gasteiger partial charge in [0.25, 0.3) is 0 Å². The van der Waals surface area contributed by atoms with Crippen LogP contribution in [-0.2, 0) is 13.2 Å². The van der Waals surface area contributed by atoms with Gasteiger partial charge in [0.15, 0.2) is 0 Å². The molecule has 6 nitrogen and oxygen atoms in total. The van der Waals surface area contributed by atoms with Crippen molar-refractivity contribution in [2.45, 2.75) is 39.5 Å². The van der Waals surface area contributed by atoms with Crippen LogP contribution in [0.25, 0.3) is 5.57 Å². The van der Waals surface area contributed by atoms with Crippen LogP contribution in [0.3, 0.4) is 0 Å². The highest BCUT2D eigenvalue weighted by Crippen LogP contribution is 2.42. The van der Waals surface area contributed by atoms with Crippen molar-refractivity contribution in [1.82, 2.24) is 0 Å². The highest BCUT2D eigenvalue weighted by Gasteiger charge is 2.31. The van der Waals surface area contributed by atoms with Gasteiger partial charge >= 0.3 is 0 Å². The number of benzene rings is 3. The number of anilines is 1. The lowest BCUT2D eigenvalue weighted by Gasteiger charge is -2.43. The fourth-order valence-corrected chi connectivity index (χ4v) is 4.70. The zero-order valence-electron chi connectivity index (χ0n) is 22.2. The minimum atomic E-state index is -0.174. The second kappa shape index (κ2) is 10.4. The lowest BCUT2D eigenvalue weighted by molar-refractivity contribution is 0.303. The van der Waals surface area contributed by atoms with Gasteiger partial charge in [-0.15, -0.1) is 0 Å². The summed E-state index contributed by atoms with van der Waals surface area (Å²) in [5.41, 5.74) is 5.47. The van der Waals surface area contributed by atoms with Crippen molar-refractivity contribution in [2.75, 3.05) is 33.3 Å². The van der Waals surface area contributed by atoms with Gasteiger partial charge in [0.05, 0.1) is 34.0 Å². The average Bonchev–Trinajstić information content (AvgIpc) is 2.89. The SMILES string of the molecule is COc1cc(COc2ccc3c(c2)C(C)=CC(C)(C)N3Cc2cc(OC)cc(OC)c2)cc(OC)c1. The summed E-state index contributed by atoms with van der Waals surface area (Å²) >= 11 is 0. The Morgan fingerprint density at radius 3 is 1.72 bits per heavy atom. The van der Waals surface area contributed by atoms with Gasteiger partial charge in [-0.3, -0.25) is 0 Å². The number of hydrogen-bond acceptors (Lipinski definition) is 6. The number of methoxy groups -OCH3 is 4.